The van der Waals surface area contributed by atoms with Crippen LogP contribution in [0.1, 0.15) is 0 Å². The van der Waals surface area contributed by atoms with Crippen molar-refractivity contribution < 1.29 is 42.5 Å². The third-order valence-corrected chi connectivity index (χ3v) is 0. The molecule has 8 heteroatoms. The summed E-state index contributed by atoms with van der Waals surface area (Å²) in [6, 6.07) is 0. The first kappa shape index (κ1) is 22.9. The number of hydrogen-bond acceptors (Lipinski definition) is 2. The Labute approximate surface area is 75.6 Å². The fourth-order valence-electron chi connectivity index (χ4n) is 0. The molecule has 8 heavy (non-hydrogen) atoms. The standard InChI is InChI=1S/Mg.H2O4S.H2O.Zn.2H/c;1-5(2,3)4;;;;/h;(H2,1,2,3,4);1H2;;;. The second kappa shape index (κ2) is 8.22. The molecule has 0 atom stereocenters. The molecule has 0 saturated heterocycles. The van der Waals surface area contributed by atoms with E-state index in [4.69, 9.17) is 17.5 Å². The van der Waals surface area contributed by atoms with Gasteiger partial charge in [-0.3, -0.25) is 9.11 Å². The van der Waals surface area contributed by atoms with E-state index in [1.54, 1.807) is 0 Å². The second-order valence-corrected chi connectivity index (χ2v) is 1.34. The van der Waals surface area contributed by atoms with Crippen LogP contribution in [0.15, 0.2) is 0 Å². The van der Waals surface area contributed by atoms with Gasteiger partial charge in [-0.15, -0.1) is 0 Å². The van der Waals surface area contributed by atoms with Crippen LogP contribution in [-0.2, 0) is 29.9 Å². The van der Waals surface area contributed by atoms with Gasteiger partial charge in [-0.1, -0.05) is 0 Å². The van der Waals surface area contributed by atoms with E-state index in [0.29, 0.717) is 0 Å². The smallest absolute Gasteiger partial charge is 0.394 e. The molecule has 4 N–H and O–H groups in total. The summed E-state index contributed by atoms with van der Waals surface area (Å²) < 4.78 is 31.6. The minimum atomic E-state index is -4.67. The predicted molar refractivity (Wildman–Crippen MR) is 26.3 cm³/mol. The van der Waals surface area contributed by atoms with E-state index >= 15 is 0 Å². The molecule has 0 fully saturated rings. The van der Waals surface area contributed by atoms with Crippen molar-refractivity contribution in [2.75, 3.05) is 0 Å². The minimum absolute atomic E-state index is 0. The molecule has 0 spiro atoms. The zero-order chi connectivity index (χ0) is 4.50. The van der Waals surface area contributed by atoms with E-state index in [9.17, 15) is 0 Å². The Kier molecular flexibility index (Phi) is 23.5. The van der Waals surface area contributed by atoms with Crippen molar-refractivity contribution in [2.45, 2.75) is 0 Å². The maximum Gasteiger partial charge on any atom is 0.394 e. The van der Waals surface area contributed by atoms with Crippen molar-refractivity contribution in [3.8, 4) is 0 Å². The molecule has 0 rings (SSSR count). The average Bonchev–Trinajstić information content (AvgIpc) is 0.722. The van der Waals surface area contributed by atoms with Crippen LogP contribution in [0.2, 0.25) is 0 Å². The SMILES string of the molecule is O.O=S(=O)(O)O.[MgH2].[Zn]. The van der Waals surface area contributed by atoms with Crippen molar-refractivity contribution in [1.82, 2.24) is 0 Å². The first-order valence-corrected chi connectivity index (χ1v) is 2.10. The van der Waals surface area contributed by atoms with Crippen molar-refractivity contribution in [3.05, 3.63) is 0 Å². The van der Waals surface area contributed by atoms with Crippen LogP contribution >= 0.6 is 0 Å². The van der Waals surface area contributed by atoms with Crippen molar-refractivity contribution in [2.24, 2.45) is 0 Å². The average molecular weight is 208 g/mol. The fourth-order valence-corrected chi connectivity index (χ4v) is 0. The summed E-state index contributed by atoms with van der Waals surface area (Å²) in [6.45, 7) is 0. The van der Waals surface area contributed by atoms with Gasteiger partial charge < -0.3 is 5.48 Å². The fraction of sp³-hybridized carbons (Fsp3) is 0. The van der Waals surface area contributed by atoms with Gasteiger partial charge in [0.25, 0.3) is 0 Å². The first-order chi connectivity index (χ1) is 2.00. The molecule has 0 saturated carbocycles. The Balaban J connectivity index is -0.0000000267. The van der Waals surface area contributed by atoms with Crippen LogP contribution in [0.5, 0.6) is 0 Å². The van der Waals surface area contributed by atoms with Gasteiger partial charge >= 0.3 is 33.5 Å². The summed E-state index contributed by atoms with van der Waals surface area (Å²) in [5.74, 6) is 0. The van der Waals surface area contributed by atoms with Crippen LogP contribution in [-0.4, -0.2) is 46.1 Å². The Morgan fingerprint density at radius 3 is 1.12 bits per heavy atom. The monoisotopic (exact) mass is 206 g/mol. The molecule has 0 aliphatic carbocycles. The molecular weight excluding hydrogens is 202 g/mol. The summed E-state index contributed by atoms with van der Waals surface area (Å²) in [5, 5.41) is 0. The van der Waals surface area contributed by atoms with Gasteiger partial charge in [0.2, 0.25) is 0 Å². The third kappa shape index (κ3) is 188. The Morgan fingerprint density at radius 2 is 1.12 bits per heavy atom. The van der Waals surface area contributed by atoms with E-state index in [2.05, 4.69) is 0 Å². The normalized spacial score (nSPS) is 7.25. The second-order valence-electron chi connectivity index (χ2n) is 0.448. The van der Waals surface area contributed by atoms with E-state index < -0.39 is 10.4 Å². The Hall–Kier alpha value is 1.22. The summed E-state index contributed by atoms with van der Waals surface area (Å²) in [7, 11) is -4.67. The molecule has 0 aliphatic rings. The Bertz CT molecular complexity index is 95.6. The molecule has 0 amide bonds. The van der Waals surface area contributed by atoms with Crippen molar-refractivity contribution >= 4 is 33.5 Å². The predicted octanol–water partition coefficient (Wildman–Crippen LogP) is -2.40. The molecule has 0 heterocycles. The summed E-state index contributed by atoms with van der Waals surface area (Å²) in [4.78, 5) is 0. The van der Waals surface area contributed by atoms with Crippen molar-refractivity contribution in [3.63, 3.8) is 0 Å². The third-order valence-electron chi connectivity index (χ3n) is 0. The van der Waals surface area contributed by atoms with Gasteiger partial charge in [0, 0.05) is 19.5 Å². The van der Waals surface area contributed by atoms with Crippen LogP contribution in [0.3, 0.4) is 0 Å². The van der Waals surface area contributed by atoms with Crippen LogP contribution in [0.25, 0.3) is 0 Å². The number of hydrogen-bond donors (Lipinski definition) is 2. The van der Waals surface area contributed by atoms with Crippen LogP contribution in [0, 0.1) is 0 Å². The molecule has 0 radical (unpaired) electrons. The van der Waals surface area contributed by atoms with Crippen LogP contribution < -0.4 is 0 Å². The molecule has 0 aromatic carbocycles. The van der Waals surface area contributed by atoms with E-state index in [1.807, 2.05) is 0 Å². The van der Waals surface area contributed by atoms with Gasteiger partial charge in [0.15, 0.2) is 0 Å². The zero-order valence-electron chi connectivity index (χ0n) is 3.33. The minimum Gasteiger partial charge on any atom is -0.412 e. The maximum absolute atomic E-state index is 8.74. The molecule has 5 nitrogen and oxygen atoms in total. The first-order valence-electron chi connectivity index (χ1n) is 0.698. The topological polar surface area (TPSA) is 106 Å². The van der Waals surface area contributed by atoms with E-state index in [-0.39, 0.29) is 48.0 Å². The summed E-state index contributed by atoms with van der Waals surface area (Å²) in [5.41, 5.74) is 0. The van der Waals surface area contributed by atoms with Gasteiger partial charge in [-0.25, -0.2) is 0 Å². The number of rotatable bonds is 0. The van der Waals surface area contributed by atoms with Gasteiger partial charge in [0.05, 0.1) is 0 Å². The van der Waals surface area contributed by atoms with Gasteiger partial charge in [-0.05, 0) is 0 Å². The maximum atomic E-state index is 8.74. The van der Waals surface area contributed by atoms with E-state index in [0.717, 1.165) is 0 Å². The largest absolute Gasteiger partial charge is 0.412 e. The van der Waals surface area contributed by atoms with Crippen LogP contribution in [0.4, 0.5) is 0 Å². The molecule has 0 aromatic rings. The molecule has 46 valence electrons. The molecule has 0 bridgehead atoms. The molecule has 0 aromatic heterocycles. The van der Waals surface area contributed by atoms with Gasteiger partial charge in [-0.2, -0.15) is 8.42 Å². The van der Waals surface area contributed by atoms with Gasteiger partial charge in [0.1, 0.15) is 0 Å². The van der Waals surface area contributed by atoms with E-state index in [1.165, 1.54) is 0 Å². The molecular formula is H6MgO5SZn. The summed E-state index contributed by atoms with van der Waals surface area (Å²) >= 11 is 0. The zero-order valence-corrected chi connectivity index (χ0v) is 7.11. The summed E-state index contributed by atoms with van der Waals surface area (Å²) in [6.07, 6.45) is 0. The molecule has 0 unspecified atom stereocenters. The van der Waals surface area contributed by atoms with Crippen molar-refractivity contribution in [1.29, 1.82) is 0 Å². The Morgan fingerprint density at radius 1 is 1.12 bits per heavy atom. The molecule has 0 aliphatic heterocycles. The quantitative estimate of drug-likeness (QED) is 0.341.